The Labute approximate surface area is 231 Å². The zero-order valence-corrected chi connectivity index (χ0v) is 23.3. The number of hydrogen-bond donors (Lipinski definition) is 1. The van der Waals surface area contributed by atoms with Gasteiger partial charge < -0.3 is 14.8 Å². The average molecular weight is 550 g/mol. The summed E-state index contributed by atoms with van der Waals surface area (Å²) in [5.41, 5.74) is 2.82. The number of fused-ring (bicyclic) bond motifs is 1. The molecule has 9 heteroatoms. The summed E-state index contributed by atoms with van der Waals surface area (Å²) in [5.74, 6) is 0.356. The molecule has 0 fully saturated rings. The van der Waals surface area contributed by atoms with Gasteiger partial charge in [0, 0.05) is 18.3 Å². The third kappa shape index (κ3) is 6.60. The lowest BCUT2D eigenvalue weighted by molar-refractivity contribution is -0.115. The fraction of sp³-hybridized carbons (Fsp3) is 0.300. The Balaban J connectivity index is 1.70. The molecule has 0 aliphatic carbocycles. The number of hydrogen-bond acceptors (Lipinski definition) is 6. The van der Waals surface area contributed by atoms with Crippen molar-refractivity contribution in [1.82, 2.24) is 9.55 Å². The minimum Gasteiger partial charge on any atom is -0.493 e. The molecule has 39 heavy (non-hydrogen) atoms. The second-order valence-corrected chi connectivity index (χ2v) is 10.2. The summed E-state index contributed by atoms with van der Waals surface area (Å²) < 4.78 is 26.1. The van der Waals surface area contributed by atoms with Gasteiger partial charge in [-0.25, -0.2) is 9.37 Å². The number of aromatic nitrogens is 2. The van der Waals surface area contributed by atoms with Gasteiger partial charge in [0.25, 0.3) is 5.56 Å². The zero-order chi connectivity index (χ0) is 27.9. The summed E-state index contributed by atoms with van der Waals surface area (Å²) in [6.07, 6.45) is 1.85. The molecule has 0 spiro atoms. The van der Waals surface area contributed by atoms with E-state index in [0.717, 1.165) is 12.0 Å². The first-order valence-electron chi connectivity index (χ1n) is 12.8. The monoisotopic (exact) mass is 549 g/mol. The Bertz CT molecular complexity index is 1520. The van der Waals surface area contributed by atoms with E-state index in [-0.39, 0.29) is 23.8 Å². The molecule has 1 amide bonds. The first kappa shape index (κ1) is 28.2. The number of nitrogens with one attached hydrogen (secondary N) is 1. The number of carbonyl (C=O) groups excluding carboxylic acids is 1. The fourth-order valence-corrected chi connectivity index (χ4v) is 5.28. The highest BCUT2D eigenvalue weighted by molar-refractivity contribution is 8.00. The topological polar surface area (TPSA) is 82.5 Å². The molecule has 1 heterocycles. The van der Waals surface area contributed by atoms with Crippen LogP contribution in [0.15, 0.2) is 70.6 Å². The van der Waals surface area contributed by atoms with Gasteiger partial charge in [0.1, 0.15) is 5.82 Å². The summed E-state index contributed by atoms with van der Waals surface area (Å²) in [7, 11) is 3.02. The Morgan fingerprint density at radius 1 is 1.03 bits per heavy atom. The molecule has 4 aromatic rings. The predicted octanol–water partition coefficient (Wildman–Crippen LogP) is 5.87. The van der Waals surface area contributed by atoms with E-state index in [0.29, 0.717) is 46.1 Å². The van der Waals surface area contributed by atoms with Crippen molar-refractivity contribution in [1.29, 1.82) is 0 Å². The predicted molar refractivity (Wildman–Crippen MR) is 154 cm³/mol. The number of benzene rings is 3. The van der Waals surface area contributed by atoms with Gasteiger partial charge in [0.05, 0.1) is 30.4 Å². The van der Waals surface area contributed by atoms with E-state index >= 15 is 0 Å². The first-order valence-corrected chi connectivity index (χ1v) is 13.7. The quantitative estimate of drug-likeness (QED) is 0.186. The van der Waals surface area contributed by atoms with E-state index in [2.05, 4.69) is 12.2 Å². The highest BCUT2D eigenvalue weighted by atomic mass is 32.2. The van der Waals surface area contributed by atoms with Gasteiger partial charge in [-0.3, -0.25) is 14.2 Å². The largest absolute Gasteiger partial charge is 0.493 e. The number of nitrogens with zero attached hydrogens (tertiary/aromatic N) is 2. The molecule has 0 saturated carbocycles. The molecule has 7 nitrogen and oxygen atoms in total. The molecule has 0 radical (unpaired) electrons. The van der Waals surface area contributed by atoms with E-state index in [4.69, 9.17) is 14.5 Å². The van der Waals surface area contributed by atoms with Gasteiger partial charge in [0.15, 0.2) is 16.7 Å². The number of amides is 1. The van der Waals surface area contributed by atoms with Crippen molar-refractivity contribution in [2.24, 2.45) is 0 Å². The number of anilines is 1. The van der Waals surface area contributed by atoms with Crippen LogP contribution in [0.5, 0.6) is 11.5 Å². The van der Waals surface area contributed by atoms with Gasteiger partial charge in [-0.1, -0.05) is 49.9 Å². The maximum absolute atomic E-state index is 13.8. The third-order valence-corrected chi connectivity index (χ3v) is 7.83. The number of carbonyl (C=O) groups is 1. The van der Waals surface area contributed by atoms with Crippen molar-refractivity contribution in [3.05, 3.63) is 88.0 Å². The van der Waals surface area contributed by atoms with Gasteiger partial charge in [-0.15, -0.1) is 0 Å². The second kappa shape index (κ2) is 12.8. The summed E-state index contributed by atoms with van der Waals surface area (Å²) in [4.78, 5) is 31.8. The minimum absolute atomic E-state index is 0.176. The standard InChI is InChI=1S/C30H32FN3O4S/c1-5-19-10-12-22(13-11-19)32-28(35)27(6-2)39-30-33-24-18-26(38-4)25(37-3)17-23(24)29(36)34(30)15-14-20-8-7-9-21(31)16-20/h7-13,16-18,27H,5-6,14-15H2,1-4H3,(H,32,35). The lowest BCUT2D eigenvalue weighted by atomic mass is 10.1. The summed E-state index contributed by atoms with van der Waals surface area (Å²) in [6, 6.07) is 17.3. The lowest BCUT2D eigenvalue weighted by Crippen LogP contribution is -2.28. The van der Waals surface area contributed by atoms with Crippen molar-refractivity contribution in [2.75, 3.05) is 19.5 Å². The number of thioether (sulfide) groups is 1. The van der Waals surface area contributed by atoms with Crippen molar-refractivity contribution in [3.8, 4) is 11.5 Å². The van der Waals surface area contributed by atoms with Crippen LogP contribution in [0.2, 0.25) is 0 Å². The summed E-state index contributed by atoms with van der Waals surface area (Å²) in [5, 5.41) is 3.25. The molecule has 0 bridgehead atoms. The van der Waals surface area contributed by atoms with Crippen molar-refractivity contribution >= 4 is 34.3 Å². The molecule has 4 rings (SSSR count). The Morgan fingerprint density at radius 2 is 1.74 bits per heavy atom. The molecule has 1 atom stereocenters. The molecule has 1 N–H and O–H groups in total. The van der Waals surface area contributed by atoms with Crippen LogP contribution in [0.3, 0.4) is 0 Å². The maximum atomic E-state index is 13.8. The van der Waals surface area contributed by atoms with Gasteiger partial charge >= 0.3 is 0 Å². The van der Waals surface area contributed by atoms with Crippen LogP contribution in [-0.2, 0) is 24.2 Å². The van der Waals surface area contributed by atoms with E-state index in [9.17, 15) is 14.0 Å². The molecule has 0 aliphatic rings. The number of methoxy groups -OCH3 is 2. The van der Waals surface area contributed by atoms with Crippen LogP contribution < -0.4 is 20.3 Å². The van der Waals surface area contributed by atoms with Gasteiger partial charge in [-0.05, 0) is 60.7 Å². The van der Waals surface area contributed by atoms with Crippen LogP contribution >= 0.6 is 11.8 Å². The normalized spacial score (nSPS) is 11.8. The van der Waals surface area contributed by atoms with Crippen molar-refractivity contribution in [3.63, 3.8) is 0 Å². The zero-order valence-electron chi connectivity index (χ0n) is 22.5. The highest BCUT2D eigenvalue weighted by Gasteiger charge is 2.23. The third-order valence-electron chi connectivity index (χ3n) is 6.48. The Hall–Kier alpha value is -3.85. The SMILES string of the molecule is CCc1ccc(NC(=O)C(CC)Sc2nc3cc(OC)c(OC)cc3c(=O)n2CCc2cccc(F)c2)cc1. The van der Waals surface area contributed by atoms with E-state index in [1.165, 1.54) is 43.7 Å². The van der Waals surface area contributed by atoms with Crippen LogP contribution in [0.25, 0.3) is 10.9 Å². The summed E-state index contributed by atoms with van der Waals surface area (Å²) >= 11 is 1.23. The second-order valence-electron chi connectivity index (χ2n) is 9.01. The number of aryl methyl sites for hydroxylation is 2. The molecule has 0 saturated heterocycles. The maximum Gasteiger partial charge on any atom is 0.262 e. The van der Waals surface area contributed by atoms with Gasteiger partial charge in [-0.2, -0.15) is 0 Å². The minimum atomic E-state index is -0.499. The summed E-state index contributed by atoms with van der Waals surface area (Å²) in [6.45, 7) is 4.26. The van der Waals surface area contributed by atoms with Crippen LogP contribution in [0, 0.1) is 5.82 Å². The average Bonchev–Trinajstić information content (AvgIpc) is 2.95. The molecular weight excluding hydrogens is 517 g/mol. The molecule has 0 aliphatic heterocycles. The fourth-order valence-electron chi connectivity index (χ4n) is 4.24. The first-order chi connectivity index (χ1) is 18.9. The number of rotatable bonds is 11. The van der Waals surface area contributed by atoms with Crippen LogP contribution in [-0.4, -0.2) is 34.9 Å². The van der Waals surface area contributed by atoms with Crippen molar-refractivity contribution < 1.29 is 18.7 Å². The van der Waals surface area contributed by atoms with E-state index in [1.54, 1.807) is 22.8 Å². The molecule has 3 aromatic carbocycles. The smallest absolute Gasteiger partial charge is 0.262 e. The molecular formula is C30H32FN3O4S. The Kier molecular flexibility index (Phi) is 9.24. The number of ether oxygens (including phenoxy) is 2. The lowest BCUT2D eigenvalue weighted by Gasteiger charge is -2.19. The van der Waals surface area contributed by atoms with Gasteiger partial charge in [0.2, 0.25) is 5.91 Å². The molecule has 204 valence electrons. The molecule has 1 unspecified atom stereocenters. The van der Waals surface area contributed by atoms with Crippen molar-refractivity contribution in [2.45, 2.75) is 50.1 Å². The van der Waals surface area contributed by atoms with Crippen LogP contribution in [0.4, 0.5) is 10.1 Å². The van der Waals surface area contributed by atoms with E-state index in [1.807, 2.05) is 37.3 Å². The number of halogens is 1. The molecule has 1 aromatic heterocycles. The van der Waals surface area contributed by atoms with E-state index < -0.39 is 5.25 Å². The van der Waals surface area contributed by atoms with Crippen LogP contribution in [0.1, 0.15) is 31.4 Å². The highest BCUT2D eigenvalue weighted by Crippen LogP contribution is 2.32. The Morgan fingerprint density at radius 3 is 2.38 bits per heavy atom.